The summed E-state index contributed by atoms with van der Waals surface area (Å²) in [5, 5.41) is 2.55. The van der Waals surface area contributed by atoms with Crippen molar-refractivity contribution in [3.8, 4) is 0 Å². The molecule has 0 aromatic heterocycles. The second kappa shape index (κ2) is 6.58. The Kier molecular flexibility index (Phi) is 5.40. The molecule has 6 heteroatoms. The van der Waals surface area contributed by atoms with Crippen molar-refractivity contribution in [3.63, 3.8) is 0 Å². The SMILES string of the molecule is CC(C)CC(NC(N)=O)C(=O)N1CCN(C)CC1. The zero-order valence-electron chi connectivity index (χ0n) is 11.5. The van der Waals surface area contributed by atoms with Crippen LogP contribution in [0.2, 0.25) is 0 Å². The van der Waals surface area contributed by atoms with Gasteiger partial charge in [0.25, 0.3) is 0 Å². The lowest BCUT2D eigenvalue weighted by Crippen LogP contribution is -2.55. The number of rotatable bonds is 4. The summed E-state index contributed by atoms with van der Waals surface area (Å²) < 4.78 is 0. The molecule has 104 valence electrons. The van der Waals surface area contributed by atoms with Gasteiger partial charge in [0.05, 0.1) is 0 Å². The summed E-state index contributed by atoms with van der Waals surface area (Å²) in [7, 11) is 2.04. The monoisotopic (exact) mass is 256 g/mol. The number of carbonyl (C=O) groups excluding carboxylic acids is 2. The maximum atomic E-state index is 12.3. The first-order valence-electron chi connectivity index (χ1n) is 6.43. The summed E-state index contributed by atoms with van der Waals surface area (Å²) in [5.74, 6) is 0.314. The number of nitrogens with zero attached hydrogens (tertiary/aromatic N) is 2. The van der Waals surface area contributed by atoms with Crippen molar-refractivity contribution in [3.05, 3.63) is 0 Å². The van der Waals surface area contributed by atoms with Crippen LogP contribution in [0.5, 0.6) is 0 Å². The third-order valence-corrected chi connectivity index (χ3v) is 3.14. The largest absolute Gasteiger partial charge is 0.352 e. The molecule has 18 heavy (non-hydrogen) atoms. The van der Waals surface area contributed by atoms with Crippen LogP contribution in [0.3, 0.4) is 0 Å². The molecule has 0 aromatic rings. The van der Waals surface area contributed by atoms with E-state index in [9.17, 15) is 9.59 Å². The molecule has 0 saturated carbocycles. The lowest BCUT2D eigenvalue weighted by Gasteiger charge is -2.35. The Morgan fingerprint density at radius 3 is 2.22 bits per heavy atom. The summed E-state index contributed by atoms with van der Waals surface area (Å²) in [6.07, 6.45) is 0.619. The number of primary amides is 1. The summed E-state index contributed by atoms with van der Waals surface area (Å²) in [6.45, 7) is 7.21. The lowest BCUT2D eigenvalue weighted by atomic mass is 10.0. The average molecular weight is 256 g/mol. The van der Waals surface area contributed by atoms with E-state index in [1.165, 1.54) is 0 Å². The van der Waals surface area contributed by atoms with Crippen molar-refractivity contribution in [2.45, 2.75) is 26.3 Å². The summed E-state index contributed by atoms with van der Waals surface area (Å²) in [4.78, 5) is 27.3. The van der Waals surface area contributed by atoms with Crippen LogP contribution in [0.1, 0.15) is 20.3 Å². The highest BCUT2D eigenvalue weighted by Crippen LogP contribution is 2.10. The van der Waals surface area contributed by atoms with Crippen LogP contribution < -0.4 is 11.1 Å². The predicted octanol–water partition coefficient (Wildman–Crippen LogP) is -0.157. The van der Waals surface area contributed by atoms with Gasteiger partial charge in [-0.25, -0.2) is 4.79 Å². The Balaban J connectivity index is 2.60. The summed E-state index contributed by atoms with van der Waals surface area (Å²) in [6, 6.07) is -1.13. The maximum absolute atomic E-state index is 12.3. The highest BCUT2D eigenvalue weighted by molar-refractivity contribution is 5.86. The molecule has 0 aliphatic carbocycles. The molecule has 1 fully saturated rings. The molecule has 0 aromatic carbocycles. The van der Waals surface area contributed by atoms with Crippen molar-refractivity contribution in [2.24, 2.45) is 11.7 Å². The third-order valence-electron chi connectivity index (χ3n) is 3.14. The molecule has 1 rings (SSSR count). The molecule has 0 radical (unpaired) electrons. The van der Waals surface area contributed by atoms with Gasteiger partial charge in [0.2, 0.25) is 5.91 Å². The standard InChI is InChI=1S/C12H24N4O2/c1-9(2)8-10(14-12(13)18)11(17)16-6-4-15(3)5-7-16/h9-10H,4-8H2,1-3H3,(H3,13,14,18). The molecular weight excluding hydrogens is 232 g/mol. The average Bonchev–Trinajstić information content (AvgIpc) is 2.27. The molecule has 3 N–H and O–H groups in total. The van der Waals surface area contributed by atoms with Gasteiger partial charge in [-0.3, -0.25) is 4.79 Å². The van der Waals surface area contributed by atoms with E-state index < -0.39 is 12.1 Å². The normalized spacial score (nSPS) is 18.8. The van der Waals surface area contributed by atoms with E-state index in [4.69, 9.17) is 5.73 Å². The molecule has 1 aliphatic rings. The van der Waals surface area contributed by atoms with Crippen molar-refractivity contribution < 1.29 is 9.59 Å². The fraction of sp³-hybridized carbons (Fsp3) is 0.833. The van der Waals surface area contributed by atoms with Crippen LogP contribution in [-0.4, -0.2) is 61.0 Å². The van der Waals surface area contributed by atoms with Gasteiger partial charge in [-0.05, 0) is 19.4 Å². The molecule has 1 saturated heterocycles. The zero-order valence-corrected chi connectivity index (χ0v) is 11.5. The smallest absolute Gasteiger partial charge is 0.312 e. The Morgan fingerprint density at radius 2 is 1.78 bits per heavy atom. The van der Waals surface area contributed by atoms with Crippen LogP contribution >= 0.6 is 0 Å². The highest BCUT2D eigenvalue weighted by atomic mass is 16.2. The van der Waals surface area contributed by atoms with Crippen molar-refractivity contribution >= 4 is 11.9 Å². The van der Waals surface area contributed by atoms with Gasteiger partial charge in [-0.1, -0.05) is 13.8 Å². The van der Waals surface area contributed by atoms with Crippen LogP contribution in [-0.2, 0) is 4.79 Å². The molecular formula is C12H24N4O2. The van der Waals surface area contributed by atoms with Crippen LogP contribution in [0.4, 0.5) is 4.79 Å². The van der Waals surface area contributed by atoms with Gasteiger partial charge in [0, 0.05) is 26.2 Å². The lowest BCUT2D eigenvalue weighted by molar-refractivity contribution is -0.135. The van der Waals surface area contributed by atoms with Crippen LogP contribution in [0, 0.1) is 5.92 Å². The number of piperazine rings is 1. The van der Waals surface area contributed by atoms with Gasteiger partial charge in [-0.15, -0.1) is 0 Å². The Labute approximate surface area is 108 Å². The number of nitrogens with one attached hydrogen (secondary N) is 1. The topological polar surface area (TPSA) is 78.7 Å². The predicted molar refractivity (Wildman–Crippen MR) is 70.0 cm³/mol. The molecule has 1 aliphatic heterocycles. The van der Waals surface area contributed by atoms with Crippen LogP contribution in [0.25, 0.3) is 0 Å². The Hall–Kier alpha value is -1.30. The Morgan fingerprint density at radius 1 is 1.22 bits per heavy atom. The number of likely N-dealkylation sites (N-methyl/N-ethyl adjacent to an activating group) is 1. The number of amides is 3. The Bertz CT molecular complexity index is 298. The minimum absolute atomic E-state index is 0.0180. The fourth-order valence-electron chi connectivity index (χ4n) is 2.11. The number of hydrogen-bond donors (Lipinski definition) is 2. The summed E-state index contributed by atoms with van der Waals surface area (Å²) >= 11 is 0. The summed E-state index contributed by atoms with van der Waals surface area (Å²) in [5.41, 5.74) is 5.13. The zero-order chi connectivity index (χ0) is 13.7. The van der Waals surface area contributed by atoms with E-state index in [1.54, 1.807) is 0 Å². The molecule has 1 unspecified atom stereocenters. The van der Waals surface area contributed by atoms with Crippen molar-refractivity contribution in [2.75, 3.05) is 33.2 Å². The van der Waals surface area contributed by atoms with E-state index in [1.807, 2.05) is 25.8 Å². The van der Waals surface area contributed by atoms with Gasteiger partial charge in [0.15, 0.2) is 0 Å². The first-order valence-corrected chi connectivity index (χ1v) is 6.43. The van der Waals surface area contributed by atoms with E-state index in [0.717, 1.165) is 13.1 Å². The van der Waals surface area contributed by atoms with Gasteiger partial charge in [-0.2, -0.15) is 0 Å². The minimum atomic E-state index is -0.636. The molecule has 3 amide bonds. The van der Waals surface area contributed by atoms with Crippen LogP contribution in [0.15, 0.2) is 0 Å². The van der Waals surface area contributed by atoms with Crippen molar-refractivity contribution in [1.29, 1.82) is 0 Å². The van der Waals surface area contributed by atoms with E-state index in [2.05, 4.69) is 10.2 Å². The number of hydrogen-bond acceptors (Lipinski definition) is 3. The van der Waals surface area contributed by atoms with E-state index in [0.29, 0.717) is 25.4 Å². The molecule has 0 bridgehead atoms. The molecule has 1 atom stereocenters. The molecule has 6 nitrogen and oxygen atoms in total. The van der Waals surface area contributed by atoms with E-state index in [-0.39, 0.29) is 5.91 Å². The van der Waals surface area contributed by atoms with E-state index >= 15 is 0 Å². The maximum Gasteiger partial charge on any atom is 0.312 e. The van der Waals surface area contributed by atoms with Gasteiger partial charge < -0.3 is 20.9 Å². The molecule has 1 heterocycles. The third kappa shape index (κ3) is 4.52. The fourth-order valence-corrected chi connectivity index (χ4v) is 2.11. The highest BCUT2D eigenvalue weighted by Gasteiger charge is 2.27. The first kappa shape index (κ1) is 14.8. The first-order chi connectivity index (χ1) is 8.40. The van der Waals surface area contributed by atoms with Gasteiger partial charge in [0.1, 0.15) is 6.04 Å². The number of nitrogens with two attached hydrogens (primary N) is 1. The molecule has 0 spiro atoms. The van der Waals surface area contributed by atoms with Gasteiger partial charge >= 0.3 is 6.03 Å². The van der Waals surface area contributed by atoms with Crippen molar-refractivity contribution in [1.82, 2.24) is 15.1 Å². The number of urea groups is 1. The number of carbonyl (C=O) groups is 2. The second-order valence-electron chi connectivity index (χ2n) is 5.32. The second-order valence-corrected chi connectivity index (χ2v) is 5.32. The quantitative estimate of drug-likeness (QED) is 0.734. The minimum Gasteiger partial charge on any atom is -0.352 e.